The van der Waals surface area contributed by atoms with Crippen molar-refractivity contribution >= 4 is 177 Å². The minimum atomic E-state index is -0.396. The van der Waals surface area contributed by atoms with E-state index in [9.17, 15) is 0 Å². The summed E-state index contributed by atoms with van der Waals surface area (Å²) in [4.78, 5) is 0. The van der Waals surface area contributed by atoms with Gasteiger partial charge in [0.2, 0.25) is 13.4 Å². The van der Waals surface area contributed by atoms with Crippen LogP contribution >= 0.6 is 0 Å². The first-order valence-corrected chi connectivity index (χ1v) is 40.6. The lowest BCUT2D eigenvalue weighted by Crippen LogP contribution is -2.57. The van der Waals surface area contributed by atoms with Crippen molar-refractivity contribution in [2.24, 2.45) is 0 Å². The Balaban J connectivity index is 0.753. The number of hydrogen-bond donors (Lipinski definition) is 0. The number of nitrogens with zero attached hydrogens (tertiary/aromatic N) is 4. The molecule has 0 fully saturated rings. The smallest absolute Gasteiger partial charge is 0.244 e. The monoisotopic (exact) mass is 1450 g/mol. The Morgan fingerprint density at radius 1 is 0.237 bits per heavy atom. The third kappa shape index (κ3) is 8.19. The molecule has 0 amide bonds. The number of benzene rings is 18. The van der Waals surface area contributed by atoms with Crippen LogP contribution in [0.3, 0.4) is 0 Å². The van der Waals surface area contributed by atoms with Crippen molar-refractivity contribution in [1.82, 2.24) is 18.3 Å². The molecule has 26 rings (SSSR count). The highest BCUT2D eigenvalue weighted by molar-refractivity contribution is 7.02. The Morgan fingerprint density at radius 3 is 1.04 bits per heavy atom. The molecule has 4 aliphatic rings. The lowest BCUT2D eigenvalue weighted by molar-refractivity contribution is 0.523. The molecule has 18 aromatic carbocycles. The molecule has 8 heterocycles. The van der Waals surface area contributed by atoms with Crippen LogP contribution in [-0.2, 0) is 17.3 Å². The molecule has 0 aliphatic carbocycles. The van der Waals surface area contributed by atoms with Gasteiger partial charge in [-0.1, -0.05) is 304 Å². The Hall–Kier alpha value is -13.7. The van der Waals surface area contributed by atoms with Gasteiger partial charge in [0.25, 0.3) is 0 Å². The van der Waals surface area contributed by atoms with Crippen LogP contribution in [0.15, 0.2) is 334 Å². The van der Waals surface area contributed by atoms with Crippen molar-refractivity contribution in [2.75, 3.05) is 0 Å². The molecule has 0 spiro atoms. The molecule has 0 saturated carbocycles. The quantitative estimate of drug-likeness (QED) is 0.142. The van der Waals surface area contributed by atoms with Gasteiger partial charge in [-0.3, -0.25) is 0 Å². The van der Waals surface area contributed by atoms with Crippen molar-refractivity contribution in [1.29, 1.82) is 0 Å². The van der Waals surface area contributed by atoms with Gasteiger partial charge in [-0.15, -0.1) is 0 Å². The highest BCUT2D eigenvalue weighted by atomic mass is 15.0. The van der Waals surface area contributed by atoms with Crippen LogP contribution in [0.2, 0.25) is 0 Å². The zero-order valence-corrected chi connectivity index (χ0v) is 63.9. The summed E-state index contributed by atoms with van der Waals surface area (Å²) < 4.78 is 10.1. The van der Waals surface area contributed by atoms with Crippen LogP contribution in [0.5, 0.6) is 0 Å². The van der Waals surface area contributed by atoms with Gasteiger partial charge >= 0.3 is 0 Å². The van der Waals surface area contributed by atoms with Crippen molar-refractivity contribution in [3.05, 3.63) is 350 Å². The number of rotatable bonds is 7. The second-order valence-electron chi connectivity index (χ2n) is 34.6. The minimum Gasteiger partial charge on any atom is -0.309 e. The summed E-state index contributed by atoms with van der Waals surface area (Å²) in [5.41, 5.74) is 36.8. The topological polar surface area (TPSA) is 19.7 Å². The van der Waals surface area contributed by atoms with Gasteiger partial charge in [-0.2, -0.15) is 0 Å². The molecule has 114 heavy (non-hydrogen) atoms. The first-order chi connectivity index (χ1) is 56.0. The molecule has 0 bridgehead atoms. The van der Waals surface area contributed by atoms with E-state index in [1.54, 1.807) is 0 Å². The summed E-state index contributed by atoms with van der Waals surface area (Å²) in [6.45, 7) is 12.2. The molecule has 4 nitrogen and oxygen atoms in total. The standard InChI is InChI=1S/C108H72B2N4/c1-107(2,3)65-55-81-103-95-63(53-91-101(103)75-40-20-24-49-89(75)111(91)67-30-10-6-11-31-67)29-26-46-83(95)109-84-52-62(51-64-54-92-102(104(96(64)84)82(56-65)106(81)109)76-41-21-25-50-90(76)112(92)68-32-12-7-13-33-68)61-108(4,5)66-57-79-71-42-27-44-77-97(71)85(59-93-99(77)73-38-18-22-47-87(73)113(93)69-34-14-8-15-35-69)110-86-60-94-100(78-45-28-43-72(98(78)86)80(58-66)105(79)110)74-39-19-23-48-88(74)114(94)70-36-16-9-17-37-70/h6-60H,61H2,1-5H3. The fraction of sp³-hybridized carbons (Fsp3) is 0.0741. The summed E-state index contributed by atoms with van der Waals surface area (Å²) in [7, 11) is 0. The fourth-order valence-electron chi connectivity index (χ4n) is 22.6. The summed E-state index contributed by atoms with van der Waals surface area (Å²) in [6, 6.07) is 129. The second kappa shape index (κ2) is 22.3. The first kappa shape index (κ1) is 63.0. The third-order valence-corrected chi connectivity index (χ3v) is 27.1. The Bertz CT molecular complexity index is 7900. The second-order valence-corrected chi connectivity index (χ2v) is 34.6. The molecular formula is C108H72B2N4. The maximum absolute atomic E-state index is 2.70. The van der Waals surface area contributed by atoms with Gasteiger partial charge in [0.1, 0.15) is 0 Å². The maximum atomic E-state index is 2.70. The van der Waals surface area contributed by atoms with Crippen LogP contribution in [0.1, 0.15) is 51.3 Å². The van der Waals surface area contributed by atoms with Crippen molar-refractivity contribution in [3.8, 4) is 67.3 Å². The SMILES string of the molecule is CC(C)(C)c1cc2c3c(c1)-c1c4c(cc(CC(C)(C)c5cc6c7c(c5)-c5cccc8c5c(cc5c8c8ccccc8n5-c5ccccc5)B7c5cc7c(c8cccc-6c58)c5ccccc5n7-c5ccccc5)cc4cc4c1c1ccccc1n4-c1ccccc1)B3c1cccc3cc4c(c-2c13)c1ccccc1n4-c1ccccc1. The first-order valence-electron chi connectivity index (χ1n) is 40.6. The molecule has 0 radical (unpaired) electrons. The molecule has 4 aliphatic heterocycles. The number of para-hydroxylation sites is 8. The van der Waals surface area contributed by atoms with E-state index in [1.165, 1.54) is 230 Å². The van der Waals surface area contributed by atoms with Crippen LogP contribution in [0.25, 0.3) is 198 Å². The molecule has 0 saturated heterocycles. The summed E-state index contributed by atoms with van der Waals surface area (Å²) in [5, 5.41) is 20.9. The normalized spacial score (nSPS) is 13.3. The van der Waals surface area contributed by atoms with E-state index in [0.717, 1.165) is 23.5 Å². The number of fused-ring (bicyclic) bond motifs is 24. The average Bonchev–Trinajstić information content (AvgIpc) is 1.24. The highest BCUT2D eigenvalue weighted by Gasteiger charge is 2.45. The third-order valence-electron chi connectivity index (χ3n) is 27.1. The molecule has 4 aromatic heterocycles. The van der Waals surface area contributed by atoms with Crippen molar-refractivity contribution in [2.45, 2.75) is 51.9 Å². The van der Waals surface area contributed by atoms with Crippen LogP contribution in [0.4, 0.5) is 0 Å². The molecule has 0 N–H and O–H groups in total. The van der Waals surface area contributed by atoms with Crippen molar-refractivity contribution in [3.63, 3.8) is 0 Å². The molecule has 22 aromatic rings. The number of aromatic nitrogens is 4. The fourth-order valence-corrected chi connectivity index (χ4v) is 22.6. The van der Waals surface area contributed by atoms with E-state index in [4.69, 9.17) is 0 Å². The Labute approximate surface area is 659 Å². The van der Waals surface area contributed by atoms with Gasteiger partial charge in [-0.05, 0) is 219 Å². The molecule has 0 unspecified atom stereocenters. The van der Waals surface area contributed by atoms with Gasteiger partial charge in [-0.25, -0.2) is 0 Å². The molecule has 0 atom stereocenters. The van der Waals surface area contributed by atoms with E-state index in [2.05, 4.69) is 387 Å². The highest BCUT2D eigenvalue weighted by Crippen LogP contribution is 2.53. The molecule has 6 heteroatoms. The number of hydrogen-bond acceptors (Lipinski definition) is 0. The van der Waals surface area contributed by atoms with E-state index >= 15 is 0 Å². The van der Waals surface area contributed by atoms with E-state index < -0.39 is 5.41 Å². The lowest BCUT2D eigenvalue weighted by atomic mass is 9.30. The summed E-state index contributed by atoms with van der Waals surface area (Å²) in [5.74, 6) is 0. The Kier molecular flexibility index (Phi) is 12.4. The predicted molar refractivity (Wildman–Crippen MR) is 487 cm³/mol. The molecule has 530 valence electrons. The van der Waals surface area contributed by atoms with Gasteiger partial charge in [0.15, 0.2) is 0 Å². The van der Waals surface area contributed by atoms with Crippen LogP contribution in [0, 0.1) is 0 Å². The Morgan fingerprint density at radius 2 is 0.588 bits per heavy atom. The van der Waals surface area contributed by atoms with Gasteiger partial charge in [0, 0.05) is 65.8 Å². The molecular weight excluding hydrogens is 1370 g/mol. The minimum absolute atomic E-state index is 0.0641. The van der Waals surface area contributed by atoms with Crippen LogP contribution < -0.4 is 32.8 Å². The van der Waals surface area contributed by atoms with Gasteiger partial charge < -0.3 is 18.3 Å². The van der Waals surface area contributed by atoms with Crippen LogP contribution in [-0.4, -0.2) is 31.7 Å². The van der Waals surface area contributed by atoms with Gasteiger partial charge in [0.05, 0.1) is 44.1 Å². The van der Waals surface area contributed by atoms with E-state index in [0.29, 0.717) is 0 Å². The largest absolute Gasteiger partial charge is 0.309 e. The summed E-state index contributed by atoms with van der Waals surface area (Å²) in [6.07, 6.45) is 0.795. The summed E-state index contributed by atoms with van der Waals surface area (Å²) >= 11 is 0. The zero-order valence-electron chi connectivity index (χ0n) is 63.9. The zero-order chi connectivity index (χ0) is 75.0. The predicted octanol–water partition coefficient (Wildman–Crippen LogP) is 23.5. The average molecular weight is 1450 g/mol. The lowest BCUT2D eigenvalue weighted by Gasteiger charge is -2.38. The van der Waals surface area contributed by atoms with Crippen molar-refractivity contribution < 1.29 is 0 Å². The van der Waals surface area contributed by atoms with E-state index in [-0.39, 0.29) is 18.8 Å². The maximum Gasteiger partial charge on any atom is 0.244 e. The van der Waals surface area contributed by atoms with E-state index in [1.807, 2.05) is 0 Å².